The van der Waals surface area contributed by atoms with Gasteiger partial charge < -0.3 is 9.64 Å². The molecule has 4 nitrogen and oxygen atoms in total. The Morgan fingerprint density at radius 1 is 1.26 bits per heavy atom. The molecule has 0 radical (unpaired) electrons. The molecule has 1 amide bonds. The van der Waals surface area contributed by atoms with Crippen LogP contribution in [0.2, 0.25) is 0 Å². The first-order chi connectivity index (χ1) is 11.1. The van der Waals surface area contributed by atoms with Gasteiger partial charge in [0.15, 0.2) is 6.10 Å². The van der Waals surface area contributed by atoms with E-state index in [1.54, 1.807) is 19.1 Å². The molecule has 2 saturated heterocycles. The van der Waals surface area contributed by atoms with Crippen molar-refractivity contribution in [1.82, 2.24) is 9.80 Å². The maximum atomic E-state index is 13.2. The summed E-state index contributed by atoms with van der Waals surface area (Å²) in [6.45, 7) is 5.63. The van der Waals surface area contributed by atoms with E-state index in [9.17, 15) is 9.18 Å². The topological polar surface area (TPSA) is 32.8 Å². The normalized spacial score (nSPS) is 23.7. The number of nitrogens with zero attached hydrogens (tertiary/aromatic N) is 2. The number of amides is 1. The highest BCUT2D eigenvalue weighted by molar-refractivity contribution is 5.81. The van der Waals surface area contributed by atoms with Gasteiger partial charge in [-0.1, -0.05) is 6.07 Å². The van der Waals surface area contributed by atoms with E-state index in [0.29, 0.717) is 11.8 Å². The van der Waals surface area contributed by atoms with Crippen molar-refractivity contribution in [2.24, 2.45) is 0 Å². The van der Waals surface area contributed by atoms with Gasteiger partial charge in [-0.3, -0.25) is 9.69 Å². The van der Waals surface area contributed by atoms with Gasteiger partial charge in [0.05, 0.1) is 0 Å². The van der Waals surface area contributed by atoms with Crippen LogP contribution >= 0.6 is 0 Å². The molecule has 0 aromatic heterocycles. The Hall–Kier alpha value is -1.62. The summed E-state index contributed by atoms with van der Waals surface area (Å²) < 4.78 is 18.8. The zero-order chi connectivity index (χ0) is 16.2. The van der Waals surface area contributed by atoms with Crippen molar-refractivity contribution in [3.05, 3.63) is 30.1 Å². The van der Waals surface area contributed by atoms with Crippen LogP contribution in [0.5, 0.6) is 5.75 Å². The molecule has 2 aliphatic heterocycles. The molecule has 2 heterocycles. The van der Waals surface area contributed by atoms with E-state index in [1.807, 2.05) is 4.90 Å². The van der Waals surface area contributed by atoms with Crippen molar-refractivity contribution >= 4 is 5.91 Å². The summed E-state index contributed by atoms with van der Waals surface area (Å²) in [7, 11) is 0. The molecule has 23 heavy (non-hydrogen) atoms. The molecule has 0 bridgehead atoms. The van der Waals surface area contributed by atoms with Crippen molar-refractivity contribution in [3.63, 3.8) is 0 Å². The van der Waals surface area contributed by atoms with E-state index in [-0.39, 0.29) is 11.7 Å². The van der Waals surface area contributed by atoms with Gasteiger partial charge in [-0.05, 0) is 57.8 Å². The summed E-state index contributed by atoms with van der Waals surface area (Å²) >= 11 is 0. The molecule has 0 saturated carbocycles. The van der Waals surface area contributed by atoms with Gasteiger partial charge >= 0.3 is 0 Å². The second kappa shape index (κ2) is 7.30. The second-order valence-corrected chi connectivity index (χ2v) is 6.54. The molecule has 1 aromatic carbocycles. The maximum Gasteiger partial charge on any atom is 0.263 e. The molecule has 3 rings (SSSR count). The summed E-state index contributed by atoms with van der Waals surface area (Å²) in [5.41, 5.74) is 0. The molecule has 1 aromatic rings. The molecule has 0 aliphatic carbocycles. The van der Waals surface area contributed by atoms with E-state index in [0.717, 1.165) is 32.6 Å². The van der Waals surface area contributed by atoms with Crippen LogP contribution in [0.25, 0.3) is 0 Å². The summed E-state index contributed by atoms with van der Waals surface area (Å²) in [6.07, 6.45) is 4.16. The molecule has 0 spiro atoms. The lowest BCUT2D eigenvalue weighted by atomic mass is 10.0. The Bertz CT molecular complexity index is 546. The third-order valence-electron chi connectivity index (χ3n) is 4.82. The largest absolute Gasteiger partial charge is 0.481 e. The van der Waals surface area contributed by atoms with Crippen LogP contribution in [0.15, 0.2) is 24.3 Å². The van der Waals surface area contributed by atoms with Crippen LogP contribution in [0.3, 0.4) is 0 Å². The second-order valence-electron chi connectivity index (χ2n) is 6.54. The van der Waals surface area contributed by atoms with Crippen LogP contribution in [-0.2, 0) is 4.79 Å². The minimum atomic E-state index is -0.589. The van der Waals surface area contributed by atoms with Gasteiger partial charge in [0.25, 0.3) is 5.91 Å². The van der Waals surface area contributed by atoms with Crippen LogP contribution in [0, 0.1) is 5.82 Å². The van der Waals surface area contributed by atoms with E-state index in [4.69, 9.17) is 4.74 Å². The number of ether oxygens (including phenoxy) is 1. The smallest absolute Gasteiger partial charge is 0.263 e. The molecular weight excluding hydrogens is 295 g/mol. The Morgan fingerprint density at radius 3 is 2.78 bits per heavy atom. The molecule has 0 N–H and O–H groups in total. The number of hydrogen-bond donors (Lipinski definition) is 0. The lowest BCUT2D eigenvalue weighted by molar-refractivity contribution is -0.140. The van der Waals surface area contributed by atoms with Gasteiger partial charge in [0.1, 0.15) is 11.6 Å². The highest BCUT2D eigenvalue weighted by Crippen LogP contribution is 2.22. The third-order valence-corrected chi connectivity index (χ3v) is 4.82. The van der Waals surface area contributed by atoms with E-state index >= 15 is 0 Å². The SMILES string of the molecule is CC(Oc1cccc(F)c1)C(=O)N1CCCC(N2CCCC2)C1. The number of halogens is 1. The first-order valence-corrected chi connectivity index (χ1v) is 8.58. The van der Waals surface area contributed by atoms with Crippen LogP contribution in [0.4, 0.5) is 4.39 Å². The van der Waals surface area contributed by atoms with Gasteiger partial charge in [-0.25, -0.2) is 4.39 Å². The van der Waals surface area contributed by atoms with Crippen molar-refractivity contribution < 1.29 is 13.9 Å². The van der Waals surface area contributed by atoms with Crippen LogP contribution < -0.4 is 4.74 Å². The highest BCUT2D eigenvalue weighted by atomic mass is 19.1. The molecule has 2 fully saturated rings. The highest BCUT2D eigenvalue weighted by Gasteiger charge is 2.31. The van der Waals surface area contributed by atoms with Gasteiger partial charge in [0.2, 0.25) is 0 Å². The molecule has 2 atom stereocenters. The van der Waals surface area contributed by atoms with Gasteiger partial charge in [0, 0.05) is 25.2 Å². The molecule has 126 valence electrons. The standard InChI is InChI=1S/C18H25FN2O2/c1-14(23-17-8-4-6-15(19)12-17)18(22)21-11-5-7-16(13-21)20-9-2-3-10-20/h4,6,8,12,14,16H,2-3,5,7,9-11,13H2,1H3. The minimum Gasteiger partial charge on any atom is -0.481 e. The lowest BCUT2D eigenvalue weighted by Gasteiger charge is -2.38. The third kappa shape index (κ3) is 4.02. The number of rotatable bonds is 4. The monoisotopic (exact) mass is 320 g/mol. The molecule has 5 heteroatoms. The van der Waals surface area contributed by atoms with Crippen molar-refractivity contribution in [3.8, 4) is 5.75 Å². The van der Waals surface area contributed by atoms with Crippen molar-refractivity contribution in [2.45, 2.75) is 44.8 Å². The molecular formula is C18H25FN2O2. The predicted octanol–water partition coefficient (Wildman–Crippen LogP) is 2.68. The first kappa shape index (κ1) is 16.2. The summed E-state index contributed by atoms with van der Waals surface area (Å²) in [4.78, 5) is 17.1. The van der Waals surface area contributed by atoms with Crippen LogP contribution in [0.1, 0.15) is 32.6 Å². The van der Waals surface area contributed by atoms with E-state index in [1.165, 1.54) is 31.4 Å². The fraction of sp³-hybridized carbons (Fsp3) is 0.611. The average molecular weight is 320 g/mol. The number of likely N-dealkylation sites (tertiary alicyclic amines) is 2. The first-order valence-electron chi connectivity index (χ1n) is 8.58. The Labute approximate surface area is 137 Å². The van der Waals surface area contributed by atoms with E-state index < -0.39 is 6.10 Å². The van der Waals surface area contributed by atoms with E-state index in [2.05, 4.69) is 4.90 Å². The lowest BCUT2D eigenvalue weighted by Crippen LogP contribution is -2.51. The Balaban J connectivity index is 1.57. The minimum absolute atomic E-state index is 0.00171. The Kier molecular flexibility index (Phi) is 5.16. The summed E-state index contributed by atoms with van der Waals surface area (Å²) in [6, 6.07) is 6.43. The van der Waals surface area contributed by atoms with Crippen LogP contribution in [-0.4, -0.2) is 54.0 Å². The molecule has 2 aliphatic rings. The number of hydrogen-bond acceptors (Lipinski definition) is 3. The van der Waals surface area contributed by atoms with Crippen molar-refractivity contribution in [1.29, 1.82) is 0 Å². The number of carbonyl (C=O) groups excluding carboxylic acids is 1. The maximum absolute atomic E-state index is 13.2. The summed E-state index contributed by atoms with van der Waals surface area (Å²) in [5, 5.41) is 0. The number of piperidine rings is 1. The summed E-state index contributed by atoms with van der Waals surface area (Å²) in [5.74, 6) is 0.0475. The van der Waals surface area contributed by atoms with Gasteiger partial charge in [-0.15, -0.1) is 0 Å². The Morgan fingerprint density at radius 2 is 2.04 bits per heavy atom. The number of benzene rings is 1. The van der Waals surface area contributed by atoms with Crippen molar-refractivity contribution in [2.75, 3.05) is 26.2 Å². The quantitative estimate of drug-likeness (QED) is 0.855. The zero-order valence-corrected chi connectivity index (χ0v) is 13.7. The number of carbonyl (C=O) groups is 1. The fourth-order valence-corrected chi connectivity index (χ4v) is 3.61. The molecule has 2 unspecified atom stereocenters. The zero-order valence-electron chi connectivity index (χ0n) is 13.7. The predicted molar refractivity (Wildman–Crippen MR) is 86.9 cm³/mol. The van der Waals surface area contributed by atoms with Gasteiger partial charge in [-0.2, -0.15) is 0 Å². The average Bonchev–Trinajstić information content (AvgIpc) is 3.09. The fourth-order valence-electron chi connectivity index (χ4n) is 3.61.